The summed E-state index contributed by atoms with van der Waals surface area (Å²) in [5.74, 6) is -1.11. The van der Waals surface area contributed by atoms with Crippen LogP contribution in [0.1, 0.15) is 22.8 Å². The smallest absolute Gasteiger partial charge is 0.168 e. The highest BCUT2D eigenvalue weighted by Crippen LogP contribution is 2.36. The van der Waals surface area contributed by atoms with Crippen molar-refractivity contribution in [3.8, 4) is 11.5 Å². The lowest BCUT2D eigenvalue weighted by Crippen LogP contribution is -1.97. The van der Waals surface area contributed by atoms with Gasteiger partial charge in [-0.15, -0.1) is 0 Å². The van der Waals surface area contributed by atoms with Crippen LogP contribution >= 0.6 is 11.6 Å². The summed E-state index contributed by atoms with van der Waals surface area (Å²) < 4.78 is 0. The minimum absolute atomic E-state index is 0.0741. The first-order valence-corrected chi connectivity index (χ1v) is 4.05. The molecule has 0 amide bonds. The summed E-state index contributed by atoms with van der Waals surface area (Å²) in [5.41, 5.74) is 0.550. The van der Waals surface area contributed by atoms with Crippen molar-refractivity contribution in [2.45, 2.75) is 13.8 Å². The molecule has 70 valence electrons. The fourth-order valence-electron chi connectivity index (χ4n) is 1.15. The number of carbonyl (C=O) groups excluding carboxylic acids is 1. The fourth-order valence-corrected chi connectivity index (χ4v) is 1.35. The summed E-state index contributed by atoms with van der Waals surface area (Å²) in [6, 6.07) is 1.21. The van der Waals surface area contributed by atoms with Gasteiger partial charge in [0.25, 0.3) is 0 Å². The van der Waals surface area contributed by atoms with Gasteiger partial charge in [0.2, 0.25) is 0 Å². The average Bonchev–Trinajstić information content (AvgIpc) is 2.01. The van der Waals surface area contributed by atoms with Gasteiger partial charge in [-0.2, -0.15) is 0 Å². The number of aromatic hydroxyl groups is 2. The zero-order valence-electron chi connectivity index (χ0n) is 7.26. The Morgan fingerprint density at radius 3 is 2.46 bits per heavy atom. The summed E-state index contributed by atoms with van der Waals surface area (Å²) in [7, 11) is 0. The number of phenolic OH excluding ortho intramolecular Hbond substituents is 2. The van der Waals surface area contributed by atoms with Gasteiger partial charge in [0.15, 0.2) is 17.3 Å². The monoisotopic (exact) mass is 200 g/mol. The van der Waals surface area contributed by atoms with E-state index in [1.54, 1.807) is 6.92 Å². The van der Waals surface area contributed by atoms with E-state index in [0.717, 1.165) is 0 Å². The first kappa shape index (κ1) is 9.86. The minimum Gasteiger partial charge on any atom is -0.504 e. The second kappa shape index (κ2) is 3.26. The van der Waals surface area contributed by atoms with Crippen molar-refractivity contribution < 1.29 is 15.0 Å². The van der Waals surface area contributed by atoms with Crippen LogP contribution in [0.15, 0.2) is 6.07 Å². The van der Waals surface area contributed by atoms with Gasteiger partial charge in [0.05, 0.1) is 5.56 Å². The lowest BCUT2D eigenvalue weighted by atomic mass is 10.0. The highest BCUT2D eigenvalue weighted by Gasteiger charge is 2.16. The van der Waals surface area contributed by atoms with Crippen molar-refractivity contribution in [3.05, 3.63) is 22.2 Å². The average molecular weight is 201 g/mol. The van der Waals surface area contributed by atoms with Crippen LogP contribution in [0.4, 0.5) is 0 Å². The first-order chi connectivity index (χ1) is 5.95. The Labute approximate surface area is 80.6 Å². The number of benzene rings is 1. The number of phenols is 2. The van der Waals surface area contributed by atoms with Crippen LogP contribution in [0.3, 0.4) is 0 Å². The van der Waals surface area contributed by atoms with Gasteiger partial charge in [-0.3, -0.25) is 4.79 Å². The molecule has 0 saturated carbocycles. The zero-order valence-corrected chi connectivity index (χ0v) is 8.01. The largest absolute Gasteiger partial charge is 0.504 e. The van der Waals surface area contributed by atoms with Gasteiger partial charge >= 0.3 is 0 Å². The summed E-state index contributed by atoms with van der Waals surface area (Å²) in [5, 5.41) is 18.8. The fraction of sp³-hybridized carbons (Fsp3) is 0.222. The number of hydrogen-bond acceptors (Lipinski definition) is 3. The van der Waals surface area contributed by atoms with E-state index in [1.165, 1.54) is 13.0 Å². The highest BCUT2D eigenvalue weighted by atomic mass is 35.5. The molecular formula is C9H9ClO3. The Morgan fingerprint density at radius 2 is 2.00 bits per heavy atom. The van der Waals surface area contributed by atoms with E-state index in [1.807, 2.05) is 0 Å². The van der Waals surface area contributed by atoms with Gasteiger partial charge in [0, 0.05) is 11.1 Å². The molecule has 2 N–H and O–H groups in total. The molecule has 0 aliphatic carbocycles. The summed E-state index contributed by atoms with van der Waals surface area (Å²) in [4.78, 5) is 11.1. The maximum absolute atomic E-state index is 11.1. The molecule has 1 aromatic rings. The molecule has 13 heavy (non-hydrogen) atoms. The van der Waals surface area contributed by atoms with Gasteiger partial charge < -0.3 is 10.2 Å². The Hall–Kier alpha value is -1.22. The lowest BCUT2D eigenvalue weighted by Gasteiger charge is -2.08. The van der Waals surface area contributed by atoms with Crippen molar-refractivity contribution >= 4 is 17.4 Å². The summed E-state index contributed by atoms with van der Waals surface area (Å²) >= 11 is 5.71. The van der Waals surface area contributed by atoms with E-state index in [2.05, 4.69) is 0 Å². The molecular weight excluding hydrogens is 192 g/mol. The van der Waals surface area contributed by atoms with Crippen LogP contribution in [-0.2, 0) is 0 Å². The molecule has 0 saturated heterocycles. The maximum atomic E-state index is 11.1. The number of ketones is 1. The van der Waals surface area contributed by atoms with Gasteiger partial charge in [-0.25, -0.2) is 0 Å². The molecule has 0 aromatic heterocycles. The molecule has 0 aliphatic rings. The lowest BCUT2D eigenvalue weighted by molar-refractivity contribution is 0.101. The second-order valence-electron chi connectivity index (χ2n) is 2.78. The SMILES string of the molecule is CC(=O)c1c(C)c(Cl)cc(O)c1O. The molecule has 0 fully saturated rings. The number of Topliss-reactive ketones (excluding diaryl/α,β-unsaturated/α-hetero) is 1. The molecule has 0 bridgehead atoms. The Balaban J connectivity index is 3.56. The second-order valence-corrected chi connectivity index (χ2v) is 3.19. The third-order valence-corrected chi connectivity index (χ3v) is 2.22. The van der Waals surface area contributed by atoms with E-state index >= 15 is 0 Å². The zero-order chi connectivity index (χ0) is 10.2. The Morgan fingerprint density at radius 1 is 1.46 bits per heavy atom. The van der Waals surface area contributed by atoms with E-state index < -0.39 is 5.75 Å². The van der Waals surface area contributed by atoms with E-state index in [4.69, 9.17) is 16.7 Å². The molecule has 4 heteroatoms. The maximum Gasteiger partial charge on any atom is 0.168 e. The standard InChI is InChI=1S/C9H9ClO3/c1-4-6(10)3-7(12)9(13)8(4)5(2)11/h3,12-13H,1-2H3. The third kappa shape index (κ3) is 1.60. The van der Waals surface area contributed by atoms with Crippen molar-refractivity contribution in [1.82, 2.24) is 0 Å². The molecule has 0 heterocycles. The molecule has 0 unspecified atom stereocenters. The van der Waals surface area contributed by atoms with Crippen molar-refractivity contribution in [3.63, 3.8) is 0 Å². The first-order valence-electron chi connectivity index (χ1n) is 3.67. The van der Waals surface area contributed by atoms with Gasteiger partial charge in [-0.1, -0.05) is 11.6 Å². The van der Waals surface area contributed by atoms with Crippen LogP contribution in [0.2, 0.25) is 5.02 Å². The quantitative estimate of drug-likeness (QED) is 0.540. The Bertz CT molecular complexity index is 345. The number of rotatable bonds is 1. The van der Waals surface area contributed by atoms with Crippen LogP contribution in [0, 0.1) is 6.92 Å². The minimum atomic E-state index is -0.408. The van der Waals surface area contributed by atoms with Crippen LogP contribution in [-0.4, -0.2) is 16.0 Å². The summed E-state index contributed by atoms with van der Waals surface area (Å²) in [6.07, 6.45) is 0. The number of carbonyl (C=O) groups is 1. The van der Waals surface area contributed by atoms with Gasteiger partial charge in [0.1, 0.15) is 0 Å². The predicted molar refractivity (Wildman–Crippen MR) is 49.5 cm³/mol. The number of halogens is 1. The van der Waals surface area contributed by atoms with Gasteiger partial charge in [-0.05, 0) is 19.4 Å². The highest BCUT2D eigenvalue weighted by molar-refractivity contribution is 6.32. The molecule has 0 radical (unpaired) electrons. The molecule has 0 spiro atoms. The van der Waals surface area contributed by atoms with Crippen LogP contribution < -0.4 is 0 Å². The van der Waals surface area contributed by atoms with Crippen molar-refractivity contribution in [1.29, 1.82) is 0 Å². The molecule has 1 rings (SSSR count). The van der Waals surface area contributed by atoms with Crippen molar-refractivity contribution in [2.75, 3.05) is 0 Å². The predicted octanol–water partition coefficient (Wildman–Crippen LogP) is 2.26. The molecule has 0 atom stereocenters. The van der Waals surface area contributed by atoms with E-state index in [-0.39, 0.29) is 22.1 Å². The normalized spacial score (nSPS) is 10.1. The van der Waals surface area contributed by atoms with Crippen LogP contribution in [0.5, 0.6) is 11.5 Å². The van der Waals surface area contributed by atoms with E-state index in [0.29, 0.717) is 5.56 Å². The van der Waals surface area contributed by atoms with Crippen LogP contribution in [0.25, 0.3) is 0 Å². The topological polar surface area (TPSA) is 57.5 Å². The van der Waals surface area contributed by atoms with E-state index in [9.17, 15) is 9.90 Å². The van der Waals surface area contributed by atoms with Crippen molar-refractivity contribution in [2.24, 2.45) is 0 Å². The third-order valence-electron chi connectivity index (χ3n) is 1.83. The number of hydrogen-bond donors (Lipinski definition) is 2. The Kier molecular flexibility index (Phi) is 2.48. The molecule has 3 nitrogen and oxygen atoms in total. The molecule has 0 aliphatic heterocycles. The summed E-state index contributed by atoms with van der Waals surface area (Å²) in [6.45, 7) is 2.91. The molecule has 1 aromatic carbocycles.